The van der Waals surface area contributed by atoms with Crippen molar-refractivity contribution in [3.05, 3.63) is 40.7 Å². The fraction of sp³-hybridized carbons (Fsp3) is 0.471. The summed E-state index contributed by atoms with van der Waals surface area (Å²) in [6, 6.07) is 9.58. The molecule has 0 unspecified atom stereocenters. The molecule has 4 heteroatoms. The van der Waals surface area contributed by atoms with E-state index >= 15 is 0 Å². The number of nitrogens with one attached hydrogen (secondary N) is 1. The molecular weight excluding hydrogens is 264 g/mol. The Kier molecular flexibility index (Phi) is 4.55. The molecule has 1 aromatic carbocycles. The zero-order chi connectivity index (χ0) is 14.5. The molecule has 21 heavy (non-hydrogen) atoms. The van der Waals surface area contributed by atoms with Crippen molar-refractivity contribution >= 4 is 10.9 Å². The van der Waals surface area contributed by atoms with Crippen LogP contribution in [-0.4, -0.2) is 36.1 Å². The van der Waals surface area contributed by atoms with Crippen molar-refractivity contribution in [2.45, 2.75) is 25.7 Å². The normalized spacial score (nSPS) is 16.2. The van der Waals surface area contributed by atoms with Crippen molar-refractivity contribution in [1.29, 1.82) is 0 Å². The van der Waals surface area contributed by atoms with Crippen LogP contribution in [0.5, 0.6) is 5.75 Å². The number of hydrogen-bond donors (Lipinski definition) is 1. The average molecular weight is 286 g/mol. The maximum absolute atomic E-state index is 11.9. The number of para-hydroxylation sites is 1. The van der Waals surface area contributed by atoms with E-state index in [0.717, 1.165) is 23.9 Å². The monoisotopic (exact) mass is 286 g/mol. The van der Waals surface area contributed by atoms with Crippen LogP contribution in [0.3, 0.4) is 0 Å². The fourth-order valence-electron chi connectivity index (χ4n) is 2.89. The molecule has 2 aromatic rings. The second kappa shape index (κ2) is 6.76. The third-order valence-corrected chi connectivity index (χ3v) is 4.04. The molecule has 112 valence electrons. The molecule has 0 bridgehead atoms. The second-order valence-electron chi connectivity index (χ2n) is 5.65. The number of aromatic amines is 1. The molecule has 0 amide bonds. The second-order valence-corrected chi connectivity index (χ2v) is 5.65. The van der Waals surface area contributed by atoms with Gasteiger partial charge in [-0.1, -0.05) is 24.6 Å². The van der Waals surface area contributed by atoms with E-state index in [1.165, 1.54) is 32.4 Å². The maximum Gasteiger partial charge on any atom is 0.290 e. The molecule has 0 radical (unpaired) electrons. The summed E-state index contributed by atoms with van der Waals surface area (Å²) in [5.41, 5.74) is 0.704. The van der Waals surface area contributed by atoms with Crippen LogP contribution in [0.1, 0.15) is 25.7 Å². The summed E-state index contributed by atoms with van der Waals surface area (Å²) in [5.74, 6) is 0.423. The predicted octanol–water partition coefficient (Wildman–Crippen LogP) is 2.78. The number of benzene rings is 1. The van der Waals surface area contributed by atoms with Crippen LogP contribution in [0.15, 0.2) is 35.1 Å². The molecule has 2 heterocycles. The van der Waals surface area contributed by atoms with Crippen molar-refractivity contribution in [2.24, 2.45) is 0 Å². The van der Waals surface area contributed by atoms with Crippen LogP contribution in [-0.2, 0) is 0 Å². The number of hydrogen-bond acceptors (Lipinski definition) is 3. The first-order chi connectivity index (χ1) is 10.3. The Hall–Kier alpha value is -1.81. The lowest BCUT2D eigenvalue weighted by Gasteiger charge is -2.26. The van der Waals surface area contributed by atoms with Gasteiger partial charge in [-0.2, -0.15) is 0 Å². The van der Waals surface area contributed by atoms with Gasteiger partial charge < -0.3 is 14.6 Å². The highest BCUT2D eigenvalue weighted by molar-refractivity contribution is 5.79. The van der Waals surface area contributed by atoms with Crippen molar-refractivity contribution in [1.82, 2.24) is 9.88 Å². The molecule has 1 fully saturated rings. The topological polar surface area (TPSA) is 45.3 Å². The van der Waals surface area contributed by atoms with Gasteiger partial charge in [0.2, 0.25) is 0 Å². The first-order valence-electron chi connectivity index (χ1n) is 7.80. The number of likely N-dealkylation sites (tertiary alicyclic amines) is 1. The Bertz CT molecular complexity index is 645. The molecule has 0 aliphatic carbocycles. The van der Waals surface area contributed by atoms with Gasteiger partial charge in [0.15, 0.2) is 5.75 Å². The lowest BCUT2D eigenvalue weighted by Crippen LogP contribution is -2.31. The van der Waals surface area contributed by atoms with Gasteiger partial charge in [-0.3, -0.25) is 4.79 Å². The van der Waals surface area contributed by atoms with Gasteiger partial charge in [0.25, 0.3) is 5.56 Å². The van der Waals surface area contributed by atoms with E-state index in [1.807, 2.05) is 30.3 Å². The number of fused-ring (bicyclic) bond motifs is 1. The van der Waals surface area contributed by atoms with E-state index in [4.69, 9.17) is 4.74 Å². The van der Waals surface area contributed by atoms with E-state index in [0.29, 0.717) is 12.4 Å². The quantitative estimate of drug-likeness (QED) is 0.860. The average Bonchev–Trinajstić information content (AvgIpc) is 2.53. The Balaban J connectivity index is 1.55. The van der Waals surface area contributed by atoms with Crippen molar-refractivity contribution < 1.29 is 4.74 Å². The Morgan fingerprint density at radius 2 is 1.95 bits per heavy atom. The third kappa shape index (κ3) is 3.64. The summed E-state index contributed by atoms with van der Waals surface area (Å²) in [6.07, 6.45) is 4.95. The molecule has 4 nitrogen and oxygen atoms in total. The Morgan fingerprint density at radius 3 is 2.81 bits per heavy atom. The zero-order valence-electron chi connectivity index (χ0n) is 12.3. The van der Waals surface area contributed by atoms with Gasteiger partial charge in [0.1, 0.15) is 0 Å². The van der Waals surface area contributed by atoms with E-state index in [9.17, 15) is 4.79 Å². The summed E-state index contributed by atoms with van der Waals surface area (Å²) in [7, 11) is 0. The summed E-state index contributed by atoms with van der Waals surface area (Å²) in [4.78, 5) is 17.3. The first kappa shape index (κ1) is 14.1. The molecule has 1 N–H and O–H groups in total. The van der Waals surface area contributed by atoms with Crippen molar-refractivity contribution in [3.8, 4) is 5.75 Å². The van der Waals surface area contributed by atoms with Gasteiger partial charge in [-0.15, -0.1) is 0 Å². The largest absolute Gasteiger partial charge is 0.488 e. The highest BCUT2D eigenvalue weighted by Gasteiger charge is 2.09. The van der Waals surface area contributed by atoms with Crippen LogP contribution in [0.25, 0.3) is 10.9 Å². The minimum Gasteiger partial charge on any atom is -0.488 e. The van der Waals surface area contributed by atoms with Gasteiger partial charge in [-0.05, 0) is 44.5 Å². The van der Waals surface area contributed by atoms with Crippen LogP contribution in [0, 0.1) is 0 Å². The van der Waals surface area contributed by atoms with Gasteiger partial charge >= 0.3 is 0 Å². The van der Waals surface area contributed by atoms with Gasteiger partial charge in [0.05, 0.1) is 6.61 Å². The lowest BCUT2D eigenvalue weighted by molar-refractivity contribution is 0.204. The summed E-state index contributed by atoms with van der Waals surface area (Å²) >= 11 is 0. The predicted molar refractivity (Wildman–Crippen MR) is 85.0 cm³/mol. The highest BCUT2D eigenvalue weighted by Crippen LogP contribution is 2.14. The zero-order valence-corrected chi connectivity index (χ0v) is 12.3. The summed E-state index contributed by atoms with van der Waals surface area (Å²) in [6.45, 7) is 4.07. The van der Waals surface area contributed by atoms with E-state index in [-0.39, 0.29) is 5.56 Å². The first-order valence-corrected chi connectivity index (χ1v) is 7.80. The van der Waals surface area contributed by atoms with Crippen LogP contribution >= 0.6 is 0 Å². The smallest absolute Gasteiger partial charge is 0.290 e. The van der Waals surface area contributed by atoms with Gasteiger partial charge in [0, 0.05) is 17.4 Å². The molecule has 1 aliphatic rings. The van der Waals surface area contributed by atoms with Crippen molar-refractivity contribution in [2.75, 3.05) is 26.2 Å². The van der Waals surface area contributed by atoms with Crippen LogP contribution in [0.4, 0.5) is 0 Å². The number of nitrogens with zero attached hydrogens (tertiary/aromatic N) is 1. The fourth-order valence-corrected chi connectivity index (χ4v) is 2.89. The van der Waals surface area contributed by atoms with E-state index < -0.39 is 0 Å². The van der Waals surface area contributed by atoms with Crippen LogP contribution in [0.2, 0.25) is 0 Å². The number of rotatable bonds is 5. The third-order valence-electron chi connectivity index (χ3n) is 4.04. The number of pyridine rings is 1. The van der Waals surface area contributed by atoms with E-state index in [2.05, 4.69) is 9.88 Å². The minimum absolute atomic E-state index is 0.147. The van der Waals surface area contributed by atoms with Crippen LogP contribution < -0.4 is 10.3 Å². The van der Waals surface area contributed by atoms with Gasteiger partial charge in [-0.25, -0.2) is 0 Å². The Morgan fingerprint density at radius 1 is 1.14 bits per heavy atom. The number of piperidine rings is 1. The molecule has 1 saturated heterocycles. The highest BCUT2D eigenvalue weighted by atomic mass is 16.5. The summed E-state index contributed by atoms with van der Waals surface area (Å²) in [5, 5.41) is 1.00. The maximum atomic E-state index is 11.9. The minimum atomic E-state index is -0.147. The standard InChI is InChI=1S/C17H22N2O2/c20-17-16(13-14-7-2-3-8-15(14)18-17)21-12-6-11-19-9-4-1-5-10-19/h2-3,7-8,13H,1,4-6,9-12H2,(H,18,20). The lowest BCUT2D eigenvalue weighted by atomic mass is 10.1. The molecule has 3 rings (SSSR count). The number of ether oxygens (including phenoxy) is 1. The molecule has 0 saturated carbocycles. The molecule has 1 aromatic heterocycles. The number of aromatic nitrogens is 1. The van der Waals surface area contributed by atoms with Crippen molar-refractivity contribution in [3.63, 3.8) is 0 Å². The number of H-pyrrole nitrogens is 1. The molecule has 0 spiro atoms. The molecule has 1 aliphatic heterocycles. The molecule has 0 atom stereocenters. The summed E-state index contributed by atoms with van der Waals surface area (Å²) < 4.78 is 5.67. The van der Waals surface area contributed by atoms with E-state index in [1.54, 1.807) is 0 Å². The SMILES string of the molecule is O=c1[nH]c2ccccc2cc1OCCCN1CCCCC1. The Labute approximate surface area is 124 Å². The molecular formula is C17H22N2O2.